The van der Waals surface area contributed by atoms with Crippen molar-refractivity contribution in [3.05, 3.63) is 35.1 Å². The molecule has 2 rings (SSSR count). The molecule has 5 heteroatoms. The van der Waals surface area contributed by atoms with Gasteiger partial charge in [-0.3, -0.25) is 4.90 Å². The molecule has 1 aliphatic heterocycles. The van der Waals surface area contributed by atoms with Crippen LogP contribution in [0.5, 0.6) is 0 Å². The summed E-state index contributed by atoms with van der Waals surface area (Å²) in [7, 11) is 0. The highest BCUT2D eigenvalue weighted by molar-refractivity contribution is 8.00. The smallest absolute Gasteiger partial charge is 0.137 e. The average molecular weight is 298 g/mol. The Labute approximate surface area is 123 Å². The molecule has 0 spiro atoms. The van der Waals surface area contributed by atoms with Crippen LogP contribution in [0.3, 0.4) is 0 Å². The zero-order chi connectivity index (χ0) is 13.8. The lowest BCUT2D eigenvalue weighted by atomic mass is 10.1. The summed E-state index contributed by atoms with van der Waals surface area (Å²) in [6.07, 6.45) is 1.16. The van der Waals surface area contributed by atoms with Crippen LogP contribution in [0.2, 0.25) is 0 Å². The van der Waals surface area contributed by atoms with E-state index in [1.54, 1.807) is 6.07 Å². The van der Waals surface area contributed by atoms with Gasteiger partial charge < -0.3 is 5.73 Å². The molecule has 2 N–H and O–H groups in total. The van der Waals surface area contributed by atoms with Crippen LogP contribution in [0.25, 0.3) is 0 Å². The van der Waals surface area contributed by atoms with Gasteiger partial charge in [0.2, 0.25) is 0 Å². The molecule has 104 valence electrons. The molecule has 19 heavy (non-hydrogen) atoms. The highest BCUT2D eigenvalue weighted by Gasteiger charge is 2.20. The summed E-state index contributed by atoms with van der Waals surface area (Å²) in [5.41, 5.74) is 6.57. The molecule has 1 heterocycles. The van der Waals surface area contributed by atoms with E-state index in [9.17, 15) is 4.39 Å². The van der Waals surface area contributed by atoms with Gasteiger partial charge in [-0.2, -0.15) is 11.8 Å². The highest BCUT2D eigenvalue weighted by Crippen LogP contribution is 2.23. The fourth-order valence-electron chi connectivity index (χ4n) is 2.30. The highest BCUT2D eigenvalue weighted by atomic mass is 32.2. The van der Waals surface area contributed by atoms with E-state index >= 15 is 0 Å². The van der Waals surface area contributed by atoms with Crippen LogP contribution in [0, 0.1) is 5.82 Å². The molecule has 0 bridgehead atoms. The lowest BCUT2D eigenvalue weighted by molar-refractivity contribution is 0.269. The van der Waals surface area contributed by atoms with Crippen molar-refractivity contribution in [2.45, 2.75) is 25.1 Å². The minimum atomic E-state index is -0.263. The van der Waals surface area contributed by atoms with E-state index < -0.39 is 0 Å². The summed E-state index contributed by atoms with van der Waals surface area (Å²) >= 11 is 6.89. The first-order valence-corrected chi connectivity index (χ1v) is 7.98. The maximum absolute atomic E-state index is 14.3. The molecule has 1 fully saturated rings. The van der Waals surface area contributed by atoms with Gasteiger partial charge in [-0.1, -0.05) is 31.3 Å². The number of nitrogens with zero attached hydrogens (tertiary/aromatic N) is 1. The SMILES string of the molecule is CCC1CN(Cc2cccc(C(N)=S)c2F)CCS1. The van der Waals surface area contributed by atoms with Crippen LogP contribution in [0.4, 0.5) is 4.39 Å². The van der Waals surface area contributed by atoms with Crippen LogP contribution in [-0.2, 0) is 6.54 Å². The standard InChI is InChI=1S/C14H19FN2S2/c1-2-11-9-17(6-7-19-11)8-10-4-3-5-12(13(10)15)14(16)18/h3-5,11H,2,6-9H2,1H3,(H2,16,18). The predicted molar refractivity (Wildman–Crippen MR) is 84.1 cm³/mol. The van der Waals surface area contributed by atoms with Gasteiger partial charge >= 0.3 is 0 Å². The first-order valence-electron chi connectivity index (χ1n) is 6.53. The summed E-state index contributed by atoms with van der Waals surface area (Å²) in [5.74, 6) is 0.857. The normalized spacial score (nSPS) is 20.4. The maximum atomic E-state index is 14.3. The van der Waals surface area contributed by atoms with Crippen molar-refractivity contribution in [3.8, 4) is 0 Å². The molecule has 1 aliphatic rings. The Morgan fingerprint density at radius 3 is 3.05 bits per heavy atom. The molecular formula is C14H19FN2S2. The summed E-state index contributed by atoms with van der Waals surface area (Å²) in [6, 6.07) is 5.28. The average Bonchev–Trinajstić information content (AvgIpc) is 2.41. The van der Waals surface area contributed by atoms with E-state index in [2.05, 4.69) is 11.8 Å². The lowest BCUT2D eigenvalue weighted by Crippen LogP contribution is -2.37. The maximum Gasteiger partial charge on any atom is 0.137 e. The van der Waals surface area contributed by atoms with Crippen LogP contribution in [0.15, 0.2) is 18.2 Å². The topological polar surface area (TPSA) is 29.3 Å². The second-order valence-corrected chi connectivity index (χ2v) is 6.63. The molecule has 0 saturated carbocycles. The summed E-state index contributed by atoms with van der Waals surface area (Å²) in [6.45, 7) is 4.88. The Morgan fingerprint density at radius 2 is 2.37 bits per heavy atom. The summed E-state index contributed by atoms with van der Waals surface area (Å²) in [5, 5.41) is 0.663. The largest absolute Gasteiger partial charge is 0.389 e. The molecule has 2 nitrogen and oxygen atoms in total. The van der Waals surface area contributed by atoms with E-state index in [-0.39, 0.29) is 10.8 Å². The molecule has 1 saturated heterocycles. The molecule has 1 aromatic carbocycles. The van der Waals surface area contributed by atoms with Gasteiger partial charge in [0, 0.05) is 41.8 Å². The Kier molecular flexibility index (Phi) is 5.19. The Bertz CT molecular complexity index is 465. The fraction of sp³-hybridized carbons (Fsp3) is 0.500. The monoisotopic (exact) mass is 298 g/mol. The van der Waals surface area contributed by atoms with Crippen molar-refractivity contribution < 1.29 is 4.39 Å². The van der Waals surface area contributed by atoms with E-state index in [1.807, 2.05) is 23.9 Å². The predicted octanol–water partition coefficient (Wildman–Crippen LogP) is 2.79. The number of hydrogen-bond donors (Lipinski definition) is 1. The number of thioether (sulfide) groups is 1. The van der Waals surface area contributed by atoms with Crippen molar-refractivity contribution in [1.29, 1.82) is 0 Å². The number of halogens is 1. The van der Waals surface area contributed by atoms with Gasteiger partial charge in [0.15, 0.2) is 0 Å². The number of hydrogen-bond acceptors (Lipinski definition) is 3. The van der Waals surface area contributed by atoms with Crippen LogP contribution < -0.4 is 5.73 Å². The lowest BCUT2D eigenvalue weighted by Gasteiger charge is -2.32. The van der Waals surface area contributed by atoms with Crippen molar-refractivity contribution >= 4 is 29.0 Å². The quantitative estimate of drug-likeness (QED) is 0.866. The van der Waals surface area contributed by atoms with E-state index in [0.717, 1.165) is 25.3 Å². The zero-order valence-electron chi connectivity index (χ0n) is 11.1. The van der Waals surface area contributed by atoms with Crippen molar-refractivity contribution in [3.63, 3.8) is 0 Å². The Morgan fingerprint density at radius 1 is 1.58 bits per heavy atom. The Balaban J connectivity index is 2.10. The molecule has 1 unspecified atom stereocenters. The van der Waals surface area contributed by atoms with Crippen molar-refractivity contribution in [2.75, 3.05) is 18.8 Å². The molecule has 0 aliphatic carbocycles. The second-order valence-electron chi connectivity index (χ2n) is 4.78. The second kappa shape index (κ2) is 6.68. The van der Waals surface area contributed by atoms with Gasteiger partial charge in [-0.25, -0.2) is 4.39 Å². The minimum absolute atomic E-state index is 0.125. The number of thiocarbonyl (C=S) groups is 1. The molecule has 0 amide bonds. The van der Waals surface area contributed by atoms with Crippen LogP contribution >= 0.6 is 24.0 Å². The van der Waals surface area contributed by atoms with Gasteiger partial charge in [0.1, 0.15) is 10.8 Å². The van der Waals surface area contributed by atoms with Crippen molar-refractivity contribution in [1.82, 2.24) is 4.90 Å². The van der Waals surface area contributed by atoms with Crippen LogP contribution in [-0.4, -0.2) is 34.0 Å². The number of benzene rings is 1. The fourth-order valence-corrected chi connectivity index (χ4v) is 3.71. The summed E-state index contributed by atoms with van der Waals surface area (Å²) < 4.78 is 14.3. The van der Waals surface area contributed by atoms with Gasteiger partial charge in [0.05, 0.1) is 0 Å². The molecule has 1 aromatic rings. The minimum Gasteiger partial charge on any atom is -0.389 e. The van der Waals surface area contributed by atoms with E-state index in [4.69, 9.17) is 18.0 Å². The molecule has 0 aromatic heterocycles. The van der Waals surface area contributed by atoms with E-state index in [1.165, 1.54) is 0 Å². The number of rotatable bonds is 4. The molecule has 1 atom stereocenters. The Hall–Kier alpha value is -0.650. The third kappa shape index (κ3) is 3.68. The van der Waals surface area contributed by atoms with Gasteiger partial charge in [-0.05, 0) is 12.5 Å². The van der Waals surface area contributed by atoms with Crippen molar-refractivity contribution in [2.24, 2.45) is 5.73 Å². The number of nitrogens with two attached hydrogens (primary N) is 1. The van der Waals surface area contributed by atoms with E-state index in [0.29, 0.717) is 22.9 Å². The third-order valence-corrected chi connectivity index (χ3v) is 5.01. The third-order valence-electron chi connectivity index (χ3n) is 3.42. The summed E-state index contributed by atoms with van der Waals surface area (Å²) in [4.78, 5) is 2.44. The molecular weight excluding hydrogens is 279 g/mol. The van der Waals surface area contributed by atoms with Gasteiger partial charge in [0.25, 0.3) is 0 Å². The zero-order valence-corrected chi connectivity index (χ0v) is 12.7. The molecule has 0 radical (unpaired) electrons. The van der Waals surface area contributed by atoms with Gasteiger partial charge in [-0.15, -0.1) is 0 Å². The first kappa shape index (κ1) is 14.8. The first-order chi connectivity index (χ1) is 9.11. The van der Waals surface area contributed by atoms with Crippen LogP contribution in [0.1, 0.15) is 24.5 Å².